The number of halogens is 2. The molecule has 0 heterocycles. The number of hydrogen-bond acceptors (Lipinski definition) is 2. The van der Waals surface area contributed by atoms with E-state index in [1.54, 1.807) is 0 Å². The van der Waals surface area contributed by atoms with Crippen molar-refractivity contribution < 1.29 is 8.78 Å². The van der Waals surface area contributed by atoms with Crippen LogP contribution in [-0.2, 0) is 0 Å². The summed E-state index contributed by atoms with van der Waals surface area (Å²) in [4.78, 5) is 0.382. The first-order valence-electron chi connectivity index (χ1n) is 6.66. The Morgan fingerprint density at radius 1 is 1.26 bits per heavy atom. The largest absolute Gasteiger partial charge is 0.313 e. The lowest BCUT2D eigenvalue weighted by molar-refractivity contribution is 0.292. The molecule has 0 fully saturated rings. The van der Waals surface area contributed by atoms with Crippen LogP contribution < -0.4 is 5.32 Å². The first-order chi connectivity index (χ1) is 8.84. The molecule has 0 saturated heterocycles. The topological polar surface area (TPSA) is 12.0 Å². The Morgan fingerprint density at radius 2 is 1.95 bits per heavy atom. The van der Waals surface area contributed by atoms with Crippen molar-refractivity contribution in [2.75, 3.05) is 12.3 Å². The lowest BCUT2D eigenvalue weighted by Gasteiger charge is -2.31. The van der Waals surface area contributed by atoms with Gasteiger partial charge < -0.3 is 5.32 Å². The molecule has 1 nitrogen and oxygen atoms in total. The van der Waals surface area contributed by atoms with Gasteiger partial charge in [-0.1, -0.05) is 27.7 Å². The third-order valence-corrected chi connectivity index (χ3v) is 4.11. The monoisotopic (exact) mass is 287 g/mol. The molecule has 0 aliphatic heterocycles. The molecule has 0 amide bonds. The minimum Gasteiger partial charge on any atom is -0.313 e. The van der Waals surface area contributed by atoms with Gasteiger partial charge in [0.05, 0.1) is 0 Å². The maximum absolute atomic E-state index is 13.6. The molecule has 0 aliphatic rings. The Kier molecular flexibility index (Phi) is 6.27. The molecule has 0 spiro atoms. The molecule has 0 saturated carbocycles. The van der Waals surface area contributed by atoms with E-state index in [1.807, 2.05) is 0 Å². The normalized spacial score (nSPS) is 13.6. The van der Waals surface area contributed by atoms with Crippen molar-refractivity contribution >= 4 is 11.8 Å². The number of hydrogen-bond donors (Lipinski definition) is 1. The molecule has 4 heteroatoms. The summed E-state index contributed by atoms with van der Waals surface area (Å²) in [5.41, 5.74) is 0.0893. The Bertz CT molecular complexity index is 402. The summed E-state index contributed by atoms with van der Waals surface area (Å²) in [6.45, 7) is 9.52. The second kappa shape index (κ2) is 7.25. The average Bonchev–Trinajstić information content (AvgIpc) is 2.31. The molecular weight excluding hydrogens is 264 g/mol. The van der Waals surface area contributed by atoms with Gasteiger partial charge in [0.1, 0.15) is 11.6 Å². The van der Waals surface area contributed by atoms with Crippen molar-refractivity contribution in [3.63, 3.8) is 0 Å². The maximum atomic E-state index is 13.6. The van der Waals surface area contributed by atoms with Gasteiger partial charge in [0, 0.05) is 16.7 Å². The van der Waals surface area contributed by atoms with Crippen LogP contribution in [0.1, 0.15) is 34.1 Å². The third kappa shape index (κ3) is 5.49. The molecule has 0 aliphatic carbocycles. The summed E-state index contributed by atoms with van der Waals surface area (Å²) >= 11 is 1.37. The molecule has 1 rings (SSSR count). The van der Waals surface area contributed by atoms with Crippen molar-refractivity contribution in [3.05, 3.63) is 29.8 Å². The second-order valence-electron chi connectivity index (χ2n) is 5.76. The first-order valence-corrected chi connectivity index (χ1v) is 7.64. The Labute approximate surface area is 119 Å². The number of benzene rings is 1. The molecular formula is C15H23F2NS. The summed E-state index contributed by atoms with van der Waals surface area (Å²) in [5, 5.41) is 3.48. The summed E-state index contributed by atoms with van der Waals surface area (Å²) in [6.07, 6.45) is 1.06. The van der Waals surface area contributed by atoms with Crippen LogP contribution in [0.5, 0.6) is 0 Å². The van der Waals surface area contributed by atoms with E-state index in [4.69, 9.17) is 0 Å². The summed E-state index contributed by atoms with van der Waals surface area (Å²) in [7, 11) is 0. The number of thioether (sulfide) groups is 1. The van der Waals surface area contributed by atoms with Crippen molar-refractivity contribution in [1.29, 1.82) is 0 Å². The first kappa shape index (κ1) is 16.4. The molecule has 0 bridgehead atoms. The number of nitrogens with one attached hydrogen (secondary N) is 1. The standard InChI is InChI=1S/C15H23F2NS/c1-5-8-18-14(15(2,3)4)10-19-13-9-11(16)6-7-12(13)17/h6-7,9,14,18H,5,8,10H2,1-4H3. The van der Waals surface area contributed by atoms with Gasteiger partial charge in [-0.3, -0.25) is 0 Å². The second-order valence-corrected chi connectivity index (χ2v) is 6.82. The van der Waals surface area contributed by atoms with Crippen LogP contribution in [0.2, 0.25) is 0 Å². The summed E-state index contributed by atoms with van der Waals surface area (Å²) in [5.74, 6) is -0.0172. The quantitative estimate of drug-likeness (QED) is 0.775. The fraction of sp³-hybridized carbons (Fsp3) is 0.600. The molecule has 1 unspecified atom stereocenters. The van der Waals surface area contributed by atoms with Gasteiger partial charge in [-0.25, -0.2) is 8.78 Å². The third-order valence-electron chi connectivity index (χ3n) is 2.98. The van der Waals surface area contributed by atoms with E-state index in [2.05, 4.69) is 33.0 Å². The van der Waals surface area contributed by atoms with E-state index in [1.165, 1.54) is 23.9 Å². The van der Waals surface area contributed by atoms with Crippen LogP contribution in [0.15, 0.2) is 23.1 Å². The van der Waals surface area contributed by atoms with Crippen LogP contribution >= 0.6 is 11.8 Å². The highest BCUT2D eigenvalue weighted by atomic mass is 32.2. The Hall–Kier alpha value is -0.610. The predicted octanol–water partition coefficient (Wildman–Crippen LogP) is 4.47. The van der Waals surface area contributed by atoms with E-state index in [-0.39, 0.29) is 17.3 Å². The SMILES string of the molecule is CCCNC(CSc1cc(F)ccc1F)C(C)(C)C. The van der Waals surface area contributed by atoms with Gasteiger partial charge in [-0.2, -0.15) is 0 Å². The summed E-state index contributed by atoms with van der Waals surface area (Å²) < 4.78 is 26.7. The van der Waals surface area contributed by atoms with Crippen LogP contribution in [0.3, 0.4) is 0 Å². The fourth-order valence-corrected chi connectivity index (χ4v) is 3.06. The molecule has 0 aromatic heterocycles. The molecule has 19 heavy (non-hydrogen) atoms. The smallest absolute Gasteiger partial charge is 0.136 e. The van der Waals surface area contributed by atoms with Crippen molar-refractivity contribution in [2.24, 2.45) is 5.41 Å². The zero-order valence-corrected chi connectivity index (χ0v) is 12.9. The average molecular weight is 287 g/mol. The molecule has 108 valence electrons. The van der Waals surface area contributed by atoms with E-state index < -0.39 is 5.82 Å². The minimum atomic E-state index is -0.391. The zero-order chi connectivity index (χ0) is 14.5. The van der Waals surface area contributed by atoms with Crippen LogP contribution in [0, 0.1) is 17.0 Å². The van der Waals surface area contributed by atoms with Crippen LogP contribution in [0.25, 0.3) is 0 Å². The predicted molar refractivity (Wildman–Crippen MR) is 78.6 cm³/mol. The van der Waals surface area contributed by atoms with E-state index >= 15 is 0 Å². The van der Waals surface area contributed by atoms with Crippen LogP contribution in [0.4, 0.5) is 8.78 Å². The van der Waals surface area contributed by atoms with E-state index in [9.17, 15) is 8.78 Å². The van der Waals surface area contributed by atoms with Gasteiger partial charge in [-0.15, -0.1) is 11.8 Å². The highest BCUT2D eigenvalue weighted by Crippen LogP contribution is 2.28. The summed E-state index contributed by atoms with van der Waals surface area (Å²) in [6, 6.07) is 3.86. The molecule has 1 aromatic rings. The minimum absolute atomic E-state index is 0.0893. The fourth-order valence-electron chi connectivity index (χ4n) is 1.69. The van der Waals surface area contributed by atoms with Gasteiger partial charge in [-0.05, 0) is 36.6 Å². The van der Waals surface area contributed by atoms with E-state index in [0.29, 0.717) is 4.90 Å². The molecule has 0 radical (unpaired) electrons. The highest BCUT2D eigenvalue weighted by Gasteiger charge is 2.24. The van der Waals surface area contributed by atoms with Gasteiger partial charge in [0.2, 0.25) is 0 Å². The molecule has 1 aromatic carbocycles. The Balaban J connectivity index is 2.67. The lowest BCUT2D eigenvalue weighted by atomic mass is 9.88. The highest BCUT2D eigenvalue weighted by molar-refractivity contribution is 7.99. The van der Waals surface area contributed by atoms with Crippen molar-refractivity contribution in [1.82, 2.24) is 5.32 Å². The van der Waals surface area contributed by atoms with Crippen LogP contribution in [-0.4, -0.2) is 18.3 Å². The molecule has 1 atom stereocenters. The maximum Gasteiger partial charge on any atom is 0.136 e. The van der Waals surface area contributed by atoms with Crippen molar-refractivity contribution in [3.8, 4) is 0 Å². The number of rotatable bonds is 6. The van der Waals surface area contributed by atoms with E-state index in [0.717, 1.165) is 24.8 Å². The van der Waals surface area contributed by atoms with Gasteiger partial charge in [0.25, 0.3) is 0 Å². The lowest BCUT2D eigenvalue weighted by Crippen LogP contribution is -2.42. The van der Waals surface area contributed by atoms with Gasteiger partial charge in [0.15, 0.2) is 0 Å². The van der Waals surface area contributed by atoms with Crippen molar-refractivity contribution in [2.45, 2.75) is 45.1 Å². The van der Waals surface area contributed by atoms with Gasteiger partial charge >= 0.3 is 0 Å². The Morgan fingerprint density at radius 3 is 2.53 bits per heavy atom. The zero-order valence-electron chi connectivity index (χ0n) is 12.1. The molecule has 1 N–H and O–H groups in total.